The first-order valence-electron chi connectivity index (χ1n) is 8.13. The Morgan fingerprint density at radius 3 is 2.38 bits per heavy atom. The Labute approximate surface area is 142 Å². The number of hydrogen-bond acceptors (Lipinski definition) is 5. The molecule has 1 heterocycles. The van der Waals surface area contributed by atoms with Crippen molar-refractivity contribution in [3.63, 3.8) is 0 Å². The first-order chi connectivity index (χ1) is 11.6. The van der Waals surface area contributed by atoms with Gasteiger partial charge in [0.05, 0.1) is 24.7 Å². The zero-order chi connectivity index (χ0) is 17.4. The third-order valence-corrected chi connectivity index (χ3v) is 3.43. The number of amides is 1. The molecule has 0 saturated heterocycles. The summed E-state index contributed by atoms with van der Waals surface area (Å²) in [6.07, 6.45) is 6.55. The number of ether oxygens (including phenoxy) is 1. The van der Waals surface area contributed by atoms with Gasteiger partial charge in [-0.3, -0.25) is 4.79 Å². The van der Waals surface area contributed by atoms with E-state index in [1.54, 1.807) is 29.4 Å². The van der Waals surface area contributed by atoms with Gasteiger partial charge in [0.2, 0.25) is 5.95 Å². The van der Waals surface area contributed by atoms with Crippen molar-refractivity contribution in [1.29, 1.82) is 0 Å². The lowest BCUT2D eigenvalue weighted by Crippen LogP contribution is -2.15. The van der Waals surface area contributed by atoms with Crippen LogP contribution < -0.4 is 15.0 Å². The molecule has 0 spiro atoms. The number of carbonyl (C=O) groups is 1. The maximum atomic E-state index is 12.2. The maximum absolute atomic E-state index is 12.2. The molecule has 1 aromatic carbocycles. The third kappa shape index (κ3) is 5.22. The molecule has 0 saturated carbocycles. The molecule has 0 radical (unpaired) electrons. The van der Waals surface area contributed by atoms with E-state index in [2.05, 4.69) is 22.2 Å². The molecule has 1 aromatic heterocycles. The van der Waals surface area contributed by atoms with E-state index in [0.29, 0.717) is 23.8 Å². The van der Waals surface area contributed by atoms with Crippen LogP contribution >= 0.6 is 0 Å². The number of carbonyl (C=O) groups excluding carboxylic acids is 1. The molecule has 0 bridgehead atoms. The molecule has 128 valence electrons. The predicted molar refractivity (Wildman–Crippen MR) is 95.8 cm³/mol. The molecule has 0 aliphatic rings. The molecule has 0 atom stereocenters. The van der Waals surface area contributed by atoms with E-state index in [9.17, 15) is 4.79 Å². The zero-order valence-electron chi connectivity index (χ0n) is 14.5. The van der Waals surface area contributed by atoms with Crippen LogP contribution in [0.5, 0.6) is 5.75 Å². The van der Waals surface area contributed by atoms with Crippen LogP contribution in [-0.2, 0) is 0 Å². The van der Waals surface area contributed by atoms with Crippen LogP contribution in [0.2, 0.25) is 0 Å². The average Bonchev–Trinajstić information content (AvgIpc) is 2.59. The van der Waals surface area contributed by atoms with Crippen molar-refractivity contribution in [2.45, 2.75) is 26.2 Å². The normalized spacial score (nSPS) is 10.3. The van der Waals surface area contributed by atoms with Crippen LogP contribution in [0.25, 0.3) is 0 Å². The van der Waals surface area contributed by atoms with E-state index < -0.39 is 0 Å². The molecule has 1 N–H and O–H groups in total. The van der Waals surface area contributed by atoms with E-state index in [1.807, 2.05) is 26.2 Å². The van der Waals surface area contributed by atoms with E-state index in [-0.39, 0.29) is 5.91 Å². The van der Waals surface area contributed by atoms with Gasteiger partial charge in [0.1, 0.15) is 5.75 Å². The minimum absolute atomic E-state index is 0.200. The largest absolute Gasteiger partial charge is 0.494 e. The Bertz CT molecular complexity index is 639. The molecular formula is C18H24N4O2. The molecule has 2 aromatic rings. The van der Waals surface area contributed by atoms with Gasteiger partial charge < -0.3 is 15.0 Å². The summed E-state index contributed by atoms with van der Waals surface area (Å²) in [5.74, 6) is 1.17. The summed E-state index contributed by atoms with van der Waals surface area (Å²) >= 11 is 0. The highest BCUT2D eigenvalue weighted by molar-refractivity contribution is 6.04. The molecule has 2 rings (SSSR count). The second kappa shape index (κ2) is 8.86. The molecule has 0 unspecified atom stereocenters. The van der Waals surface area contributed by atoms with Gasteiger partial charge >= 0.3 is 0 Å². The van der Waals surface area contributed by atoms with Crippen LogP contribution in [0.4, 0.5) is 11.6 Å². The van der Waals surface area contributed by atoms with E-state index in [1.165, 1.54) is 6.42 Å². The Balaban J connectivity index is 1.90. The van der Waals surface area contributed by atoms with Gasteiger partial charge in [0, 0.05) is 19.7 Å². The van der Waals surface area contributed by atoms with Crippen molar-refractivity contribution >= 4 is 17.5 Å². The third-order valence-electron chi connectivity index (χ3n) is 3.43. The zero-order valence-corrected chi connectivity index (χ0v) is 14.5. The van der Waals surface area contributed by atoms with Crippen molar-refractivity contribution in [2.24, 2.45) is 0 Å². The van der Waals surface area contributed by atoms with Crippen LogP contribution in [0.15, 0.2) is 36.7 Å². The predicted octanol–water partition coefficient (Wildman–Crippen LogP) is 3.36. The van der Waals surface area contributed by atoms with Gasteiger partial charge in [-0.25, -0.2) is 9.97 Å². The monoisotopic (exact) mass is 328 g/mol. The number of anilines is 2. The van der Waals surface area contributed by atoms with Crippen LogP contribution in [0.3, 0.4) is 0 Å². The van der Waals surface area contributed by atoms with Gasteiger partial charge in [-0.05, 0) is 30.7 Å². The Morgan fingerprint density at radius 1 is 1.12 bits per heavy atom. The van der Waals surface area contributed by atoms with Crippen LogP contribution in [-0.4, -0.2) is 36.6 Å². The number of nitrogens with one attached hydrogen (secondary N) is 1. The Kier molecular flexibility index (Phi) is 6.54. The highest BCUT2D eigenvalue weighted by Crippen LogP contribution is 2.15. The van der Waals surface area contributed by atoms with Gasteiger partial charge in [0.25, 0.3) is 5.91 Å². The van der Waals surface area contributed by atoms with Crippen molar-refractivity contribution in [2.75, 3.05) is 30.9 Å². The van der Waals surface area contributed by atoms with Gasteiger partial charge in [-0.2, -0.15) is 0 Å². The molecule has 6 nitrogen and oxygen atoms in total. The first-order valence-corrected chi connectivity index (χ1v) is 8.13. The summed E-state index contributed by atoms with van der Waals surface area (Å²) in [7, 11) is 3.72. The minimum Gasteiger partial charge on any atom is -0.494 e. The van der Waals surface area contributed by atoms with E-state index >= 15 is 0 Å². The molecule has 1 amide bonds. The van der Waals surface area contributed by atoms with Crippen molar-refractivity contribution in [3.05, 3.63) is 42.2 Å². The Hall–Kier alpha value is -2.63. The van der Waals surface area contributed by atoms with Gasteiger partial charge in [-0.15, -0.1) is 0 Å². The molecule has 0 aliphatic heterocycles. The molecule has 0 fully saturated rings. The minimum atomic E-state index is -0.200. The number of aromatic nitrogens is 2. The number of nitrogens with zero attached hydrogens (tertiary/aromatic N) is 3. The van der Waals surface area contributed by atoms with Crippen molar-refractivity contribution in [3.8, 4) is 5.75 Å². The SMILES string of the molecule is CCCCCOc1ccc(C(=O)Nc2cnc(N(C)C)nc2)cc1. The summed E-state index contributed by atoms with van der Waals surface area (Å²) in [6, 6.07) is 7.12. The molecule has 6 heteroatoms. The maximum Gasteiger partial charge on any atom is 0.255 e. The molecular weight excluding hydrogens is 304 g/mol. The smallest absolute Gasteiger partial charge is 0.255 e. The lowest BCUT2D eigenvalue weighted by molar-refractivity contribution is 0.102. The highest BCUT2D eigenvalue weighted by atomic mass is 16.5. The average molecular weight is 328 g/mol. The Morgan fingerprint density at radius 2 is 1.79 bits per heavy atom. The fourth-order valence-corrected chi connectivity index (χ4v) is 2.06. The van der Waals surface area contributed by atoms with Crippen molar-refractivity contribution in [1.82, 2.24) is 9.97 Å². The topological polar surface area (TPSA) is 67.3 Å². The lowest BCUT2D eigenvalue weighted by atomic mass is 10.2. The van der Waals surface area contributed by atoms with Crippen LogP contribution in [0.1, 0.15) is 36.5 Å². The van der Waals surface area contributed by atoms with Gasteiger partial charge in [0.15, 0.2) is 0 Å². The summed E-state index contributed by atoms with van der Waals surface area (Å²) < 4.78 is 5.64. The molecule has 0 aliphatic carbocycles. The molecule has 24 heavy (non-hydrogen) atoms. The standard InChI is InChI=1S/C18H24N4O2/c1-4-5-6-11-24-16-9-7-14(8-10-16)17(23)21-15-12-19-18(20-13-15)22(2)3/h7-10,12-13H,4-6,11H2,1-3H3,(H,21,23). The van der Waals surface area contributed by atoms with E-state index in [4.69, 9.17) is 4.74 Å². The van der Waals surface area contributed by atoms with Crippen LogP contribution in [0, 0.1) is 0 Å². The number of unbranched alkanes of at least 4 members (excludes halogenated alkanes) is 2. The number of rotatable bonds is 8. The highest BCUT2D eigenvalue weighted by Gasteiger charge is 2.07. The number of hydrogen-bond donors (Lipinski definition) is 1. The van der Waals surface area contributed by atoms with Crippen molar-refractivity contribution < 1.29 is 9.53 Å². The fraction of sp³-hybridized carbons (Fsp3) is 0.389. The second-order valence-corrected chi connectivity index (χ2v) is 5.70. The quantitative estimate of drug-likeness (QED) is 0.753. The van der Waals surface area contributed by atoms with Gasteiger partial charge in [-0.1, -0.05) is 19.8 Å². The lowest BCUT2D eigenvalue weighted by Gasteiger charge is -2.10. The summed E-state index contributed by atoms with van der Waals surface area (Å²) in [4.78, 5) is 22.4. The summed E-state index contributed by atoms with van der Waals surface area (Å²) in [5.41, 5.74) is 1.12. The number of benzene rings is 1. The van der Waals surface area contributed by atoms with E-state index in [0.717, 1.165) is 18.6 Å². The summed E-state index contributed by atoms with van der Waals surface area (Å²) in [5, 5.41) is 2.78. The fourth-order valence-electron chi connectivity index (χ4n) is 2.06. The summed E-state index contributed by atoms with van der Waals surface area (Å²) in [6.45, 7) is 2.86. The second-order valence-electron chi connectivity index (χ2n) is 5.70. The first kappa shape index (κ1) is 17.7.